The molecule has 8 heteroatoms. The SMILES string of the molecule is O=C1CCc2c(OCc3nnnn3C3CCCCC3)cccc2N1C(=O)c1ccccc1. The van der Waals surface area contributed by atoms with E-state index in [-0.39, 0.29) is 24.8 Å². The van der Waals surface area contributed by atoms with Crippen LogP contribution in [0.5, 0.6) is 5.75 Å². The van der Waals surface area contributed by atoms with Crippen molar-refractivity contribution in [1.82, 2.24) is 20.2 Å². The number of nitrogens with zero attached hydrogens (tertiary/aromatic N) is 5. The molecule has 2 aliphatic rings. The Kier molecular flexibility index (Phi) is 5.66. The average Bonchev–Trinajstić information content (AvgIpc) is 3.32. The normalized spacial score (nSPS) is 16.6. The molecule has 3 aromatic rings. The van der Waals surface area contributed by atoms with Gasteiger partial charge in [0.25, 0.3) is 5.91 Å². The Balaban J connectivity index is 1.39. The Morgan fingerprint density at radius 2 is 1.81 bits per heavy atom. The highest BCUT2D eigenvalue weighted by molar-refractivity contribution is 6.22. The van der Waals surface area contributed by atoms with Crippen LogP contribution < -0.4 is 9.64 Å². The van der Waals surface area contributed by atoms with E-state index in [2.05, 4.69) is 15.5 Å². The minimum atomic E-state index is -0.324. The Morgan fingerprint density at radius 1 is 1.00 bits per heavy atom. The van der Waals surface area contributed by atoms with E-state index in [1.165, 1.54) is 24.2 Å². The van der Waals surface area contributed by atoms with Crippen molar-refractivity contribution in [1.29, 1.82) is 0 Å². The number of imide groups is 1. The Labute approximate surface area is 186 Å². The van der Waals surface area contributed by atoms with Crippen LogP contribution >= 0.6 is 0 Å². The molecular weight excluding hydrogens is 406 g/mol. The van der Waals surface area contributed by atoms with Gasteiger partial charge in [0.15, 0.2) is 5.82 Å². The monoisotopic (exact) mass is 431 g/mol. The van der Waals surface area contributed by atoms with Crippen LogP contribution in [0.25, 0.3) is 0 Å². The van der Waals surface area contributed by atoms with Gasteiger partial charge in [0.1, 0.15) is 12.4 Å². The van der Waals surface area contributed by atoms with Crippen LogP contribution in [-0.2, 0) is 17.8 Å². The predicted molar refractivity (Wildman–Crippen MR) is 117 cm³/mol. The molecule has 0 bridgehead atoms. The zero-order chi connectivity index (χ0) is 21.9. The molecular formula is C24H25N5O3. The lowest BCUT2D eigenvalue weighted by Gasteiger charge is -2.29. The molecule has 2 aromatic carbocycles. The first-order chi connectivity index (χ1) is 15.7. The molecule has 1 aliphatic heterocycles. The first kappa shape index (κ1) is 20.4. The van der Waals surface area contributed by atoms with Gasteiger partial charge in [0, 0.05) is 17.5 Å². The van der Waals surface area contributed by atoms with E-state index >= 15 is 0 Å². The van der Waals surface area contributed by atoms with Gasteiger partial charge in [-0.15, -0.1) is 5.10 Å². The van der Waals surface area contributed by atoms with E-state index in [9.17, 15) is 9.59 Å². The van der Waals surface area contributed by atoms with Crippen molar-refractivity contribution in [2.45, 2.75) is 57.6 Å². The number of aromatic nitrogens is 4. The van der Waals surface area contributed by atoms with Crippen LogP contribution in [-0.4, -0.2) is 32.0 Å². The lowest BCUT2D eigenvalue weighted by Crippen LogP contribution is -2.40. The molecule has 1 fully saturated rings. The Bertz CT molecular complexity index is 1120. The van der Waals surface area contributed by atoms with Gasteiger partial charge in [-0.2, -0.15) is 0 Å². The molecule has 0 N–H and O–H groups in total. The molecule has 0 atom stereocenters. The number of carbonyl (C=O) groups excluding carboxylic acids is 2. The molecule has 1 aromatic heterocycles. The van der Waals surface area contributed by atoms with Crippen LogP contribution in [0.4, 0.5) is 5.69 Å². The second-order valence-electron chi connectivity index (χ2n) is 8.27. The standard InChI is InChI=1S/C24H25N5O3/c30-23-15-14-19-20(28(23)24(31)17-8-3-1-4-9-17)12-7-13-21(19)32-16-22-25-26-27-29(22)18-10-5-2-6-11-18/h1,3-4,7-9,12-13,18H,2,5-6,10-11,14-16H2. The summed E-state index contributed by atoms with van der Waals surface area (Å²) in [6, 6.07) is 14.7. The zero-order valence-electron chi connectivity index (χ0n) is 17.8. The van der Waals surface area contributed by atoms with E-state index in [1.807, 2.05) is 22.9 Å². The molecule has 2 amide bonds. The fourth-order valence-corrected chi connectivity index (χ4v) is 4.62. The van der Waals surface area contributed by atoms with E-state index in [0.717, 1.165) is 18.4 Å². The summed E-state index contributed by atoms with van der Waals surface area (Å²) in [5.74, 6) is 0.817. The lowest BCUT2D eigenvalue weighted by molar-refractivity contribution is -0.118. The van der Waals surface area contributed by atoms with Gasteiger partial charge in [-0.05, 0) is 54.0 Å². The Morgan fingerprint density at radius 3 is 2.62 bits per heavy atom. The van der Waals surface area contributed by atoms with Crippen LogP contribution in [0.1, 0.15) is 66.3 Å². The summed E-state index contributed by atoms with van der Waals surface area (Å²) in [6.07, 6.45) is 6.58. The molecule has 0 unspecified atom stereocenters. The number of hydrogen-bond acceptors (Lipinski definition) is 6. The fraction of sp³-hybridized carbons (Fsp3) is 0.375. The van der Waals surface area contributed by atoms with Crippen LogP contribution in [0.15, 0.2) is 48.5 Å². The average molecular weight is 431 g/mol. The summed E-state index contributed by atoms with van der Waals surface area (Å²) in [5.41, 5.74) is 1.92. The highest BCUT2D eigenvalue weighted by Gasteiger charge is 2.32. The third kappa shape index (κ3) is 3.88. The maximum Gasteiger partial charge on any atom is 0.265 e. The molecule has 1 saturated carbocycles. The minimum Gasteiger partial charge on any atom is -0.485 e. The summed E-state index contributed by atoms with van der Waals surface area (Å²) in [4.78, 5) is 27.0. The third-order valence-electron chi connectivity index (χ3n) is 6.25. The van der Waals surface area contributed by atoms with Crippen molar-refractivity contribution >= 4 is 17.5 Å². The molecule has 0 saturated heterocycles. The van der Waals surface area contributed by atoms with Gasteiger partial charge in [-0.1, -0.05) is 43.5 Å². The van der Waals surface area contributed by atoms with Crippen molar-refractivity contribution in [2.75, 3.05) is 4.90 Å². The number of tetrazole rings is 1. The minimum absolute atomic E-state index is 0.204. The number of ether oxygens (including phenoxy) is 1. The van der Waals surface area contributed by atoms with Crippen molar-refractivity contribution in [3.05, 3.63) is 65.5 Å². The van der Waals surface area contributed by atoms with Crippen LogP contribution in [0, 0.1) is 0 Å². The quantitative estimate of drug-likeness (QED) is 0.570. The highest BCUT2D eigenvalue weighted by atomic mass is 16.5. The van der Waals surface area contributed by atoms with E-state index in [1.54, 1.807) is 30.3 Å². The largest absolute Gasteiger partial charge is 0.485 e. The van der Waals surface area contributed by atoms with Gasteiger partial charge in [-0.3, -0.25) is 9.59 Å². The van der Waals surface area contributed by atoms with Crippen LogP contribution in [0.3, 0.4) is 0 Å². The number of carbonyl (C=O) groups is 2. The first-order valence-electron chi connectivity index (χ1n) is 11.2. The maximum absolute atomic E-state index is 13.1. The molecule has 164 valence electrons. The molecule has 5 rings (SSSR count). The summed E-state index contributed by atoms with van der Waals surface area (Å²) in [7, 11) is 0. The smallest absolute Gasteiger partial charge is 0.265 e. The van der Waals surface area contributed by atoms with E-state index in [0.29, 0.717) is 35.3 Å². The first-order valence-corrected chi connectivity index (χ1v) is 11.2. The maximum atomic E-state index is 13.1. The van der Waals surface area contributed by atoms with Gasteiger partial charge in [0.05, 0.1) is 11.7 Å². The van der Waals surface area contributed by atoms with Gasteiger partial charge in [-0.25, -0.2) is 9.58 Å². The van der Waals surface area contributed by atoms with E-state index < -0.39 is 0 Å². The van der Waals surface area contributed by atoms with Crippen molar-refractivity contribution < 1.29 is 14.3 Å². The summed E-state index contributed by atoms with van der Waals surface area (Å²) in [6.45, 7) is 0.237. The molecule has 32 heavy (non-hydrogen) atoms. The second kappa shape index (κ2) is 8.90. The third-order valence-corrected chi connectivity index (χ3v) is 6.25. The number of anilines is 1. The summed E-state index contributed by atoms with van der Waals surface area (Å²) < 4.78 is 8.03. The number of hydrogen-bond donors (Lipinski definition) is 0. The molecule has 1 aliphatic carbocycles. The lowest BCUT2D eigenvalue weighted by atomic mass is 9.96. The van der Waals surface area contributed by atoms with Gasteiger partial charge < -0.3 is 4.74 Å². The van der Waals surface area contributed by atoms with E-state index in [4.69, 9.17) is 4.74 Å². The predicted octanol–water partition coefficient (Wildman–Crippen LogP) is 3.88. The number of rotatable bonds is 5. The number of amides is 2. The molecule has 0 spiro atoms. The zero-order valence-corrected chi connectivity index (χ0v) is 17.8. The van der Waals surface area contributed by atoms with Gasteiger partial charge >= 0.3 is 0 Å². The summed E-state index contributed by atoms with van der Waals surface area (Å²) in [5, 5.41) is 12.2. The summed E-state index contributed by atoms with van der Waals surface area (Å²) >= 11 is 0. The number of fused-ring (bicyclic) bond motifs is 1. The highest BCUT2D eigenvalue weighted by Crippen LogP contribution is 2.36. The topological polar surface area (TPSA) is 90.2 Å². The molecule has 2 heterocycles. The number of benzene rings is 2. The van der Waals surface area contributed by atoms with Crippen molar-refractivity contribution in [3.8, 4) is 5.75 Å². The molecule has 8 nitrogen and oxygen atoms in total. The van der Waals surface area contributed by atoms with Gasteiger partial charge in [0.2, 0.25) is 5.91 Å². The van der Waals surface area contributed by atoms with Crippen molar-refractivity contribution in [2.24, 2.45) is 0 Å². The fourth-order valence-electron chi connectivity index (χ4n) is 4.62. The Hall–Kier alpha value is -3.55. The van der Waals surface area contributed by atoms with Crippen LogP contribution in [0.2, 0.25) is 0 Å². The second-order valence-corrected chi connectivity index (χ2v) is 8.27. The molecule has 0 radical (unpaired) electrons. The van der Waals surface area contributed by atoms with Crippen molar-refractivity contribution in [3.63, 3.8) is 0 Å².